The highest BCUT2D eigenvalue weighted by molar-refractivity contribution is 6.36. The number of rotatable bonds is 5. The molecule has 1 aromatic heterocycles. The summed E-state index contributed by atoms with van der Waals surface area (Å²) in [6.45, 7) is 0. The average Bonchev–Trinajstić information content (AvgIpc) is 3.10. The fourth-order valence-electron chi connectivity index (χ4n) is 2.24. The van der Waals surface area contributed by atoms with Gasteiger partial charge in [0.1, 0.15) is 11.5 Å². The number of hydrogen-bond donors (Lipinski definition) is 1. The minimum atomic E-state index is -0.581. The highest BCUT2D eigenvalue weighted by atomic mass is 35.5. The first-order valence-electron chi connectivity index (χ1n) is 7.57. The summed E-state index contributed by atoms with van der Waals surface area (Å²) in [5, 5.41) is 15.5. The second-order valence-corrected chi connectivity index (χ2v) is 6.18. The number of hydrogen-bond acceptors (Lipinski definition) is 5. The summed E-state index contributed by atoms with van der Waals surface area (Å²) >= 11 is 12.0. The topological polar surface area (TPSA) is 97.7 Å². The van der Waals surface area contributed by atoms with Gasteiger partial charge in [-0.15, -0.1) is 0 Å². The molecule has 0 unspecified atom stereocenters. The van der Waals surface area contributed by atoms with Crippen molar-refractivity contribution in [2.45, 2.75) is 0 Å². The van der Waals surface area contributed by atoms with Gasteiger partial charge in [0.25, 0.3) is 11.6 Å². The van der Waals surface area contributed by atoms with Crippen molar-refractivity contribution in [2.75, 3.05) is 0 Å². The zero-order valence-corrected chi connectivity index (χ0v) is 15.1. The fourth-order valence-corrected chi connectivity index (χ4v) is 2.74. The third kappa shape index (κ3) is 4.52. The van der Waals surface area contributed by atoms with Gasteiger partial charge in [0.05, 0.1) is 16.2 Å². The lowest BCUT2D eigenvalue weighted by atomic mass is 10.2. The Morgan fingerprint density at radius 2 is 1.96 bits per heavy atom. The number of nitrogens with zero attached hydrogens (tertiary/aromatic N) is 2. The predicted octanol–water partition coefficient (Wildman–Crippen LogP) is 4.93. The summed E-state index contributed by atoms with van der Waals surface area (Å²) in [6.07, 6.45) is 1.31. The molecule has 0 aliphatic rings. The fraction of sp³-hybridized carbons (Fsp3) is 0. The van der Waals surface area contributed by atoms with E-state index >= 15 is 0 Å². The molecule has 0 atom stereocenters. The highest BCUT2D eigenvalue weighted by Gasteiger charge is 2.11. The van der Waals surface area contributed by atoms with Crippen molar-refractivity contribution in [1.29, 1.82) is 0 Å². The highest BCUT2D eigenvalue weighted by Crippen LogP contribution is 2.31. The number of non-ortho nitro benzene ring substituents is 1. The summed E-state index contributed by atoms with van der Waals surface area (Å²) in [5.41, 5.74) is 2.90. The number of halogens is 2. The van der Waals surface area contributed by atoms with E-state index in [0.29, 0.717) is 27.1 Å². The van der Waals surface area contributed by atoms with Crippen LogP contribution in [0.25, 0.3) is 11.3 Å². The van der Waals surface area contributed by atoms with Crippen LogP contribution in [0.2, 0.25) is 10.0 Å². The molecule has 9 heteroatoms. The van der Waals surface area contributed by atoms with Gasteiger partial charge < -0.3 is 4.42 Å². The molecule has 0 saturated heterocycles. The van der Waals surface area contributed by atoms with Crippen molar-refractivity contribution in [1.82, 2.24) is 5.43 Å². The van der Waals surface area contributed by atoms with Crippen LogP contribution < -0.4 is 5.43 Å². The minimum Gasteiger partial charge on any atom is -0.455 e. The second-order valence-electron chi connectivity index (χ2n) is 5.33. The molecule has 27 heavy (non-hydrogen) atoms. The maximum atomic E-state index is 12.0. The molecule has 2 aromatic carbocycles. The zero-order chi connectivity index (χ0) is 19.4. The van der Waals surface area contributed by atoms with E-state index in [0.717, 1.165) is 0 Å². The molecule has 0 bridgehead atoms. The Labute approximate surface area is 163 Å². The van der Waals surface area contributed by atoms with Gasteiger partial charge in [0.15, 0.2) is 0 Å². The molecule has 0 saturated carbocycles. The van der Waals surface area contributed by atoms with Gasteiger partial charge in [-0.2, -0.15) is 5.10 Å². The minimum absolute atomic E-state index is 0.120. The molecule has 136 valence electrons. The number of nitro benzene ring substituents is 1. The molecule has 3 rings (SSSR count). The standard InChI is InChI=1S/C18H11Cl2N3O4/c19-12-4-6-15(16(20)9-12)17-7-5-14(27-17)10-21-22-18(24)11-2-1-3-13(8-11)23(25)26/h1-10H,(H,22,24)/b21-10+. The van der Waals surface area contributed by atoms with Crippen molar-refractivity contribution in [3.8, 4) is 11.3 Å². The largest absolute Gasteiger partial charge is 0.455 e. The molecule has 0 spiro atoms. The Kier molecular flexibility index (Phi) is 5.54. The van der Waals surface area contributed by atoms with Crippen molar-refractivity contribution >= 4 is 41.0 Å². The number of carbonyl (C=O) groups is 1. The van der Waals surface area contributed by atoms with Crippen molar-refractivity contribution < 1.29 is 14.1 Å². The predicted molar refractivity (Wildman–Crippen MR) is 102 cm³/mol. The molecular weight excluding hydrogens is 393 g/mol. The molecule has 1 amide bonds. The third-order valence-electron chi connectivity index (χ3n) is 3.50. The monoisotopic (exact) mass is 403 g/mol. The summed E-state index contributed by atoms with van der Waals surface area (Å²) in [6, 6.07) is 13.7. The second kappa shape index (κ2) is 8.03. The molecule has 0 aliphatic heterocycles. The smallest absolute Gasteiger partial charge is 0.271 e. The number of hydrazone groups is 1. The normalized spacial score (nSPS) is 10.9. The van der Waals surface area contributed by atoms with Gasteiger partial charge in [-0.3, -0.25) is 14.9 Å². The van der Waals surface area contributed by atoms with Gasteiger partial charge in [0, 0.05) is 28.3 Å². The Balaban J connectivity index is 1.68. The van der Waals surface area contributed by atoms with Crippen LogP contribution in [-0.2, 0) is 0 Å². The van der Waals surface area contributed by atoms with Crippen LogP contribution >= 0.6 is 23.2 Å². The maximum Gasteiger partial charge on any atom is 0.271 e. The van der Waals surface area contributed by atoms with E-state index in [1.54, 1.807) is 30.3 Å². The number of carbonyl (C=O) groups excluding carboxylic acids is 1. The first-order chi connectivity index (χ1) is 12.9. The number of nitro groups is 1. The summed E-state index contributed by atoms with van der Waals surface area (Å²) in [4.78, 5) is 22.2. The van der Waals surface area contributed by atoms with Gasteiger partial charge in [-0.1, -0.05) is 29.3 Å². The molecule has 0 aliphatic carbocycles. The number of benzene rings is 2. The number of amides is 1. The van der Waals surface area contributed by atoms with Gasteiger partial charge >= 0.3 is 0 Å². The van der Waals surface area contributed by atoms with E-state index in [1.807, 2.05) is 0 Å². The van der Waals surface area contributed by atoms with Crippen LogP contribution in [0.5, 0.6) is 0 Å². The van der Waals surface area contributed by atoms with E-state index in [4.69, 9.17) is 27.6 Å². The average molecular weight is 404 g/mol. The first kappa shape index (κ1) is 18.6. The van der Waals surface area contributed by atoms with Crippen molar-refractivity contribution in [2.24, 2.45) is 5.10 Å². The lowest BCUT2D eigenvalue weighted by Crippen LogP contribution is -2.17. The number of nitrogens with one attached hydrogen (secondary N) is 1. The number of furan rings is 1. The summed E-state index contributed by atoms with van der Waals surface area (Å²) in [7, 11) is 0. The Bertz CT molecular complexity index is 1050. The lowest BCUT2D eigenvalue weighted by Gasteiger charge is -2.01. The molecule has 3 aromatic rings. The molecule has 0 radical (unpaired) electrons. The zero-order valence-electron chi connectivity index (χ0n) is 13.6. The van der Waals surface area contributed by atoms with Crippen LogP contribution in [0.4, 0.5) is 5.69 Å². The lowest BCUT2D eigenvalue weighted by molar-refractivity contribution is -0.384. The maximum absolute atomic E-state index is 12.0. The van der Waals surface area contributed by atoms with Crippen LogP contribution in [0.1, 0.15) is 16.1 Å². The van der Waals surface area contributed by atoms with Crippen LogP contribution in [0, 0.1) is 10.1 Å². The molecule has 0 fully saturated rings. The van der Waals surface area contributed by atoms with Gasteiger partial charge in [0.2, 0.25) is 0 Å². The molecule has 1 heterocycles. The van der Waals surface area contributed by atoms with Crippen LogP contribution in [0.3, 0.4) is 0 Å². The third-order valence-corrected chi connectivity index (χ3v) is 4.05. The van der Waals surface area contributed by atoms with Crippen LogP contribution in [-0.4, -0.2) is 17.0 Å². The molecule has 7 nitrogen and oxygen atoms in total. The summed E-state index contributed by atoms with van der Waals surface area (Å²) in [5.74, 6) is 0.320. The Hall–Kier alpha value is -3.16. The van der Waals surface area contributed by atoms with E-state index in [9.17, 15) is 14.9 Å². The van der Waals surface area contributed by atoms with Crippen molar-refractivity contribution in [3.63, 3.8) is 0 Å². The van der Waals surface area contributed by atoms with Gasteiger partial charge in [-0.05, 0) is 36.4 Å². The van der Waals surface area contributed by atoms with E-state index in [2.05, 4.69) is 10.5 Å². The Morgan fingerprint density at radius 1 is 1.15 bits per heavy atom. The quantitative estimate of drug-likeness (QED) is 0.371. The first-order valence-corrected chi connectivity index (χ1v) is 8.33. The molecule has 1 N–H and O–H groups in total. The Morgan fingerprint density at radius 3 is 2.70 bits per heavy atom. The van der Waals surface area contributed by atoms with Gasteiger partial charge in [-0.25, -0.2) is 5.43 Å². The van der Waals surface area contributed by atoms with Crippen molar-refractivity contribution in [3.05, 3.63) is 86.1 Å². The SMILES string of the molecule is O=C(N/N=C/c1ccc(-c2ccc(Cl)cc2Cl)o1)c1cccc([N+](=O)[O-])c1. The van der Waals surface area contributed by atoms with E-state index in [1.165, 1.54) is 30.5 Å². The van der Waals surface area contributed by atoms with Crippen LogP contribution in [0.15, 0.2) is 64.1 Å². The summed E-state index contributed by atoms with van der Waals surface area (Å²) < 4.78 is 5.61. The van der Waals surface area contributed by atoms with E-state index in [-0.39, 0.29) is 11.3 Å². The molecular formula is C18H11Cl2N3O4. The van der Waals surface area contributed by atoms with E-state index < -0.39 is 10.8 Å².